The molecule has 10 heteroatoms. The first kappa shape index (κ1) is 20.5. The van der Waals surface area contributed by atoms with E-state index in [4.69, 9.17) is 4.98 Å². The summed E-state index contributed by atoms with van der Waals surface area (Å²) in [6.45, 7) is 3.10. The predicted molar refractivity (Wildman–Crippen MR) is 124 cm³/mol. The first-order valence-corrected chi connectivity index (χ1v) is 11.4. The summed E-state index contributed by atoms with van der Waals surface area (Å²) >= 11 is 1.88. The zero-order chi connectivity index (χ0) is 22.2. The van der Waals surface area contributed by atoms with Gasteiger partial charge in [-0.25, -0.2) is 23.3 Å². The molecule has 164 valence electrons. The molecule has 2 aromatic carbocycles. The van der Waals surface area contributed by atoms with Gasteiger partial charge in [0.2, 0.25) is 11.6 Å². The molecule has 0 saturated carbocycles. The highest BCUT2D eigenvalue weighted by molar-refractivity contribution is 7.99. The maximum atomic E-state index is 13.6. The highest BCUT2D eigenvalue weighted by Gasteiger charge is 2.22. The number of hydrogen-bond donors (Lipinski definition) is 1. The van der Waals surface area contributed by atoms with Gasteiger partial charge in [-0.15, -0.1) is 5.10 Å². The summed E-state index contributed by atoms with van der Waals surface area (Å²) in [5, 5.41) is 7.15. The molecule has 1 saturated heterocycles. The molecule has 0 aliphatic carbocycles. The molecule has 5 rings (SSSR count). The Hall–Kier alpha value is -3.40. The van der Waals surface area contributed by atoms with E-state index in [9.17, 15) is 14.0 Å². The average Bonchev–Trinajstić information content (AvgIpc) is 3.12. The van der Waals surface area contributed by atoms with Crippen LogP contribution >= 0.6 is 11.8 Å². The number of halogens is 1. The van der Waals surface area contributed by atoms with Crippen LogP contribution in [-0.2, 0) is 11.3 Å². The second kappa shape index (κ2) is 8.27. The number of carbonyl (C=O) groups is 1. The molecule has 1 amide bonds. The summed E-state index contributed by atoms with van der Waals surface area (Å²) in [4.78, 5) is 32.8. The number of nitrogens with zero attached hydrogens (tertiary/aromatic N) is 5. The van der Waals surface area contributed by atoms with Crippen molar-refractivity contribution in [3.05, 3.63) is 64.3 Å². The van der Waals surface area contributed by atoms with Gasteiger partial charge >= 0.3 is 5.69 Å². The van der Waals surface area contributed by atoms with Crippen molar-refractivity contribution >= 4 is 45.9 Å². The molecule has 1 aliphatic heterocycles. The Kier molecular flexibility index (Phi) is 5.30. The fourth-order valence-corrected chi connectivity index (χ4v) is 4.73. The number of aromatic nitrogens is 4. The number of aryl methyl sites for hydroxylation is 1. The maximum absolute atomic E-state index is 13.6. The van der Waals surface area contributed by atoms with E-state index in [1.807, 2.05) is 36.0 Å². The van der Waals surface area contributed by atoms with Gasteiger partial charge in [0.05, 0.1) is 11.0 Å². The predicted octanol–water partition coefficient (Wildman–Crippen LogP) is 2.68. The molecule has 0 radical (unpaired) electrons. The molecule has 0 unspecified atom stereocenters. The topological polar surface area (TPSA) is 84.5 Å². The van der Waals surface area contributed by atoms with Gasteiger partial charge in [0.1, 0.15) is 12.4 Å². The van der Waals surface area contributed by atoms with Crippen LogP contribution in [0.2, 0.25) is 0 Å². The summed E-state index contributed by atoms with van der Waals surface area (Å²) < 4.78 is 16.2. The lowest BCUT2D eigenvalue weighted by molar-refractivity contribution is -0.117. The van der Waals surface area contributed by atoms with Crippen molar-refractivity contribution in [2.24, 2.45) is 0 Å². The smallest absolute Gasteiger partial charge is 0.351 e. The molecule has 1 aliphatic rings. The molecule has 3 heterocycles. The lowest BCUT2D eigenvalue weighted by Crippen LogP contribution is -2.33. The third-order valence-electron chi connectivity index (χ3n) is 5.47. The number of rotatable bonds is 4. The Labute approximate surface area is 187 Å². The van der Waals surface area contributed by atoms with E-state index in [1.54, 1.807) is 13.0 Å². The Bertz CT molecular complexity index is 1390. The molecule has 2 aromatic heterocycles. The minimum absolute atomic E-state index is 0.292. The number of benzene rings is 2. The van der Waals surface area contributed by atoms with Crippen LogP contribution in [0.1, 0.15) is 5.56 Å². The first-order chi connectivity index (χ1) is 15.5. The normalized spacial score (nSPS) is 14.2. The van der Waals surface area contributed by atoms with Crippen molar-refractivity contribution in [1.82, 2.24) is 19.2 Å². The van der Waals surface area contributed by atoms with Crippen LogP contribution in [0.3, 0.4) is 0 Å². The third kappa shape index (κ3) is 3.70. The van der Waals surface area contributed by atoms with Crippen LogP contribution in [0.5, 0.6) is 0 Å². The number of carbonyl (C=O) groups excluding carboxylic acids is 1. The number of nitrogens with one attached hydrogen (secondary N) is 1. The van der Waals surface area contributed by atoms with E-state index < -0.39 is 17.4 Å². The van der Waals surface area contributed by atoms with Gasteiger partial charge < -0.3 is 10.2 Å². The zero-order valence-electron chi connectivity index (χ0n) is 17.4. The van der Waals surface area contributed by atoms with Crippen LogP contribution in [0.4, 0.5) is 15.9 Å². The number of anilines is 2. The maximum Gasteiger partial charge on any atom is 0.351 e. The highest BCUT2D eigenvalue weighted by Crippen LogP contribution is 2.25. The van der Waals surface area contributed by atoms with Crippen molar-refractivity contribution in [2.45, 2.75) is 13.5 Å². The summed E-state index contributed by atoms with van der Waals surface area (Å²) in [5.41, 5.74) is 2.42. The fourth-order valence-electron chi connectivity index (χ4n) is 3.83. The molecule has 1 fully saturated rings. The van der Waals surface area contributed by atoms with Gasteiger partial charge in [-0.2, -0.15) is 11.8 Å². The van der Waals surface area contributed by atoms with Crippen LogP contribution in [0, 0.1) is 12.7 Å². The summed E-state index contributed by atoms with van der Waals surface area (Å²) in [5.74, 6) is 1.68. The van der Waals surface area contributed by atoms with Gasteiger partial charge in [0.25, 0.3) is 0 Å². The molecule has 0 bridgehead atoms. The van der Waals surface area contributed by atoms with Gasteiger partial charge in [0, 0.05) is 30.3 Å². The van der Waals surface area contributed by atoms with Crippen molar-refractivity contribution < 1.29 is 9.18 Å². The van der Waals surface area contributed by atoms with E-state index >= 15 is 0 Å². The van der Waals surface area contributed by atoms with Crippen molar-refractivity contribution in [1.29, 1.82) is 0 Å². The first-order valence-electron chi connectivity index (χ1n) is 10.3. The monoisotopic (exact) mass is 452 g/mol. The molecule has 32 heavy (non-hydrogen) atoms. The molecule has 1 N–H and O–H groups in total. The average molecular weight is 453 g/mol. The molecule has 0 atom stereocenters. The minimum atomic E-state index is -0.461. The number of amides is 1. The van der Waals surface area contributed by atoms with Crippen molar-refractivity contribution in [2.75, 3.05) is 34.8 Å². The Morgan fingerprint density at radius 1 is 1.19 bits per heavy atom. The van der Waals surface area contributed by atoms with Gasteiger partial charge in [-0.1, -0.05) is 18.2 Å². The summed E-state index contributed by atoms with van der Waals surface area (Å²) in [6, 6.07) is 11.6. The fraction of sp³-hybridized carbons (Fsp3) is 0.273. The number of hydrogen-bond acceptors (Lipinski definition) is 6. The zero-order valence-corrected chi connectivity index (χ0v) is 18.2. The van der Waals surface area contributed by atoms with Crippen LogP contribution in [0.15, 0.2) is 47.3 Å². The summed E-state index contributed by atoms with van der Waals surface area (Å²) in [7, 11) is 0. The van der Waals surface area contributed by atoms with Crippen molar-refractivity contribution in [3.8, 4) is 0 Å². The van der Waals surface area contributed by atoms with Crippen molar-refractivity contribution in [3.63, 3.8) is 0 Å². The van der Waals surface area contributed by atoms with E-state index in [1.165, 1.54) is 16.5 Å². The minimum Gasteiger partial charge on any atom is -0.352 e. The Balaban J connectivity index is 1.56. The second-order valence-electron chi connectivity index (χ2n) is 7.63. The lowest BCUT2D eigenvalue weighted by Gasteiger charge is -2.27. The standard InChI is InChI=1S/C22H21FN6O2S/c1-14-6-7-15(23)12-17(14)24-19(30)13-28-22(31)29-18-5-3-2-4-16(18)25-20(21(29)26-28)27-8-10-32-11-9-27/h2-7,12H,8-11,13H2,1H3,(H,24,30). The van der Waals surface area contributed by atoms with Crippen LogP contribution in [0.25, 0.3) is 16.7 Å². The quantitative estimate of drug-likeness (QED) is 0.513. The van der Waals surface area contributed by atoms with Crippen LogP contribution < -0.4 is 15.9 Å². The number of thioether (sulfide) groups is 1. The molecule has 0 spiro atoms. The Morgan fingerprint density at radius 2 is 1.97 bits per heavy atom. The third-order valence-corrected chi connectivity index (χ3v) is 6.41. The molecular formula is C22H21FN6O2S. The van der Waals surface area contributed by atoms with Gasteiger partial charge in [0.15, 0.2) is 5.82 Å². The van der Waals surface area contributed by atoms with E-state index in [2.05, 4.69) is 15.3 Å². The molecule has 4 aromatic rings. The largest absolute Gasteiger partial charge is 0.352 e. The lowest BCUT2D eigenvalue weighted by atomic mass is 10.2. The highest BCUT2D eigenvalue weighted by atomic mass is 32.2. The summed E-state index contributed by atoms with van der Waals surface area (Å²) in [6.07, 6.45) is 0. The van der Waals surface area contributed by atoms with Crippen LogP contribution in [-0.4, -0.2) is 49.7 Å². The number of para-hydroxylation sites is 2. The van der Waals surface area contributed by atoms with E-state index in [0.29, 0.717) is 28.2 Å². The Morgan fingerprint density at radius 3 is 2.78 bits per heavy atom. The van der Waals surface area contributed by atoms with Gasteiger partial charge in [-0.05, 0) is 36.8 Å². The van der Waals surface area contributed by atoms with E-state index in [-0.39, 0.29) is 6.54 Å². The SMILES string of the molecule is Cc1ccc(F)cc1NC(=O)Cn1nc2c(N3CCSCC3)nc3ccccc3n2c1=O. The van der Waals surface area contributed by atoms with E-state index in [0.717, 1.165) is 34.8 Å². The molecular weight excluding hydrogens is 431 g/mol. The van der Waals surface area contributed by atoms with Gasteiger partial charge in [-0.3, -0.25) is 4.79 Å². The number of fused-ring (bicyclic) bond motifs is 3. The molecule has 8 nitrogen and oxygen atoms in total. The second-order valence-corrected chi connectivity index (χ2v) is 8.85.